The Balaban J connectivity index is 1.89. The molecule has 2 aromatic rings. The predicted molar refractivity (Wildman–Crippen MR) is 120 cm³/mol. The summed E-state index contributed by atoms with van der Waals surface area (Å²) in [5, 5.41) is 0. The fourth-order valence-corrected chi connectivity index (χ4v) is 5.54. The van der Waals surface area contributed by atoms with E-state index < -0.39 is 47.0 Å². The maximum absolute atomic E-state index is 13.4. The lowest BCUT2D eigenvalue weighted by Crippen LogP contribution is -2.55. The van der Waals surface area contributed by atoms with Gasteiger partial charge in [-0.3, -0.25) is 14.5 Å². The number of cyclic esters (lactones) is 1. The maximum Gasteiger partial charge on any atom is 0.411 e. The fourth-order valence-electron chi connectivity index (χ4n) is 5.54. The van der Waals surface area contributed by atoms with Crippen LogP contribution in [0.5, 0.6) is 0 Å². The van der Waals surface area contributed by atoms with Gasteiger partial charge in [-0.05, 0) is 29.4 Å². The van der Waals surface area contributed by atoms with E-state index in [1.54, 1.807) is 4.90 Å². The number of methoxy groups -OCH3 is 2. The van der Waals surface area contributed by atoms with Crippen molar-refractivity contribution in [2.24, 2.45) is 10.8 Å². The van der Waals surface area contributed by atoms with Crippen LogP contribution in [0.4, 0.5) is 4.79 Å². The van der Waals surface area contributed by atoms with Crippen molar-refractivity contribution in [2.75, 3.05) is 14.2 Å². The first kappa shape index (κ1) is 22.8. The second-order valence-corrected chi connectivity index (χ2v) is 9.49. The van der Waals surface area contributed by atoms with E-state index in [1.165, 1.54) is 14.2 Å². The number of ether oxygens (including phenoxy) is 3. The summed E-state index contributed by atoms with van der Waals surface area (Å²) in [7, 11) is 2.50. The lowest BCUT2D eigenvalue weighted by molar-refractivity contribution is -0.173. The van der Waals surface area contributed by atoms with Gasteiger partial charge in [0.05, 0.1) is 20.3 Å². The van der Waals surface area contributed by atoms with Gasteiger partial charge in [-0.1, -0.05) is 74.5 Å². The molecule has 2 fully saturated rings. The molecular formula is C26H29NO6. The molecule has 0 radical (unpaired) electrons. The Hall–Kier alpha value is -3.35. The molecule has 1 aliphatic carbocycles. The zero-order chi connectivity index (χ0) is 23.8. The summed E-state index contributed by atoms with van der Waals surface area (Å²) >= 11 is 0. The van der Waals surface area contributed by atoms with Crippen molar-refractivity contribution >= 4 is 18.0 Å². The highest BCUT2D eigenvalue weighted by Crippen LogP contribution is 2.57. The molecule has 7 nitrogen and oxygen atoms in total. The summed E-state index contributed by atoms with van der Waals surface area (Å²) in [5.74, 6) is -1.40. The van der Waals surface area contributed by atoms with Gasteiger partial charge < -0.3 is 14.2 Å². The van der Waals surface area contributed by atoms with Crippen LogP contribution in [0.3, 0.4) is 0 Å². The van der Waals surface area contributed by atoms with E-state index in [2.05, 4.69) is 0 Å². The van der Waals surface area contributed by atoms with Crippen LogP contribution in [0.25, 0.3) is 0 Å². The van der Waals surface area contributed by atoms with Gasteiger partial charge in [-0.15, -0.1) is 0 Å². The standard InChI is InChI=1S/C26H29NO6/c1-25(2)15-19(26(16-25,22(28)31-3)23(29)32-4)27-20(17-11-7-5-8-12-17)21(33-24(27)30)18-13-9-6-10-14-18/h5-14,19-21H,15-16H2,1-4H3/t19-,20+,21-/m1/s1. The number of nitrogens with zero attached hydrogens (tertiary/aromatic N) is 1. The van der Waals surface area contributed by atoms with Gasteiger partial charge in [0.25, 0.3) is 0 Å². The lowest BCUT2D eigenvalue weighted by atomic mass is 9.78. The molecule has 4 rings (SSSR count). The van der Waals surface area contributed by atoms with Gasteiger partial charge in [0, 0.05) is 0 Å². The highest BCUT2D eigenvalue weighted by atomic mass is 16.6. The van der Waals surface area contributed by atoms with Crippen LogP contribution < -0.4 is 0 Å². The topological polar surface area (TPSA) is 82.1 Å². The Morgan fingerprint density at radius 3 is 1.94 bits per heavy atom. The molecule has 174 valence electrons. The van der Waals surface area contributed by atoms with Crippen LogP contribution in [-0.4, -0.2) is 43.2 Å². The second kappa shape index (κ2) is 8.54. The summed E-state index contributed by atoms with van der Waals surface area (Å²) < 4.78 is 16.1. The van der Waals surface area contributed by atoms with Crippen LogP contribution in [0, 0.1) is 10.8 Å². The summed E-state index contributed by atoms with van der Waals surface area (Å²) in [6, 6.07) is 17.7. The van der Waals surface area contributed by atoms with Crippen LogP contribution >= 0.6 is 0 Å². The fraction of sp³-hybridized carbons (Fsp3) is 0.423. The van der Waals surface area contributed by atoms with Crippen molar-refractivity contribution in [1.29, 1.82) is 0 Å². The second-order valence-electron chi connectivity index (χ2n) is 9.49. The zero-order valence-electron chi connectivity index (χ0n) is 19.3. The Kier molecular flexibility index (Phi) is 5.91. The highest BCUT2D eigenvalue weighted by molar-refractivity contribution is 6.02. The van der Waals surface area contributed by atoms with E-state index in [1.807, 2.05) is 74.5 Å². The van der Waals surface area contributed by atoms with Gasteiger partial charge in [0.2, 0.25) is 0 Å². The minimum Gasteiger partial charge on any atom is -0.468 e. The van der Waals surface area contributed by atoms with E-state index in [0.717, 1.165) is 11.1 Å². The Bertz CT molecular complexity index is 1020. The molecule has 0 aromatic heterocycles. The van der Waals surface area contributed by atoms with Crippen LogP contribution in [-0.2, 0) is 23.8 Å². The molecule has 1 saturated heterocycles. The minimum atomic E-state index is -1.65. The molecular weight excluding hydrogens is 422 g/mol. The first-order valence-corrected chi connectivity index (χ1v) is 11.0. The number of rotatable bonds is 5. The van der Waals surface area contributed by atoms with Crippen molar-refractivity contribution < 1.29 is 28.6 Å². The molecule has 0 unspecified atom stereocenters. The monoisotopic (exact) mass is 451 g/mol. The minimum absolute atomic E-state index is 0.200. The van der Waals surface area contributed by atoms with Crippen molar-refractivity contribution in [1.82, 2.24) is 4.90 Å². The molecule has 2 aromatic carbocycles. The maximum atomic E-state index is 13.4. The van der Waals surface area contributed by atoms with Gasteiger partial charge in [-0.25, -0.2) is 4.79 Å². The first-order chi connectivity index (χ1) is 15.7. The van der Waals surface area contributed by atoms with Gasteiger partial charge >= 0.3 is 18.0 Å². The molecule has 7 heteroatoms. The van der Waals surface area contributed by atoms with Gasteiger partial charge in [-0.2, -0.15) is 0 Å². The van der Waals surface area contributed by atoms with Crippen molar-refractivity contribution in [2.45, 2.75) is 44.9 Å². The number of esters is 2. The number of amides is 1. The third kappa shape index (κ3) is 3.75. The third-order valence-electron chi connectivity index (χ3n) is 6.80. The molecule has 33 heavy (non-hydrogen) atoms. The van der Waals surface area contributed by atoms with Crippen molar-refractivity contribution in [3.05, 3.63) is 71.8 Å². The summed E-state index contributed by atoms with van der Waals surface area (Å²) in [4.78, 5) is 41.4. The predicted octanol–water partition coefficient (Wildman–Crippen LogP) is 4.44. The van der Waals surface area contributed by atoms with Crippen molar-refractivity contribution in [3.8, 4) is 0 Å². The molecule has 3 atom stereocenters. The van der Waals surface area contributed by atoms with Crippen LogP contribution in [0.15, 0.2) is 60.7 Å². The zero-order valence-corrected chi connectivity index (χ0v) is 19.3. The van der Waals surface area contributed by atoms with E-state index in [-0.39, 0.29) is 6.42 Å². The SMILES string of the molecule is COC(=O)C1(C(=O)OC)CC(C)(C)C[C@H]1N1C(=O)O[C@H](c2ccccc2)[C@@H]1c1ccccc1. The summed E-state index contributed by atoms with van der Waals surface area (Å²) in [6.07, 6.45) is -0.557. The number of hydrogen-bond donors (Lipinski definition) is 0. The highest BCUT2D eigenvalue weighted by Gasteiger charge is 2.67. The average molecular weight is 452 g/mol. The van der Waals surface area contributed by atoms with Gasteiger partial charge in [0.15, 0.2) is 11.5 Å². The molecule has 1 aliphatic heterocycles. The van der Waals surface area contributed by atoms with Gasteiger partial charge in [0.1, 0.15) is 6.04 Å². The Labute approximate surface area is 193 Å². The Morgan fingerprint density at radius 2 is 1.42 bits per heavy atom. The smallest absolute Gasteiger partial charge is 0.411 e. The molecule has 0 N–H and O–H groups in total. The molecule has 1 saturated carbocycles. The molecule has 2 aliphatic rings. The van der Waals surface area contributed by atoms with Crippen LogP contribution in [0.2, 0.25) is 0 Å². The molecule has 1 amide bonds. The average Bonchev–Trinajstić information content (AvgIpc) is 3.32. The van der Waals surface area contributed by atoms with Crippen LogP contribution in [0.1, 0.15) is 50.0 Å². The normalized spacial score (nSPS) is 25.4. The summed E-state index contributed by atoms with van der Waals surface area (Å²) in [5.41, 5.74) is -0.379. The van der Waals surface area contributed by atoms with E-state index in [4.69, 9.17) is 14.2 Å². The molecule has 0 bridgehead atoms. The molecule has 0 spiro atoms. The van der Waals surface area contributed by atoms with E-state index in [9.17, 15) is 14.4 Å². The largest absolute Gasteiger partial charge is 0.468 e. The quantitative estimate of drug-likeness (QED) is 0.380. The Morgan fingerprint density at radius 1 is 0.909 bits per heavy atom. The van der Waals surface area contributed by atoms with E-state index >= 15 is 0 Å². The number of hydrogen-bond acceptors (Lipinski definition) is 6. The third-order valence-corrected chi connectivity index (χ3v) is 6.80. The van der Waals surface area contributed by atoms with E-state index in [0.29, 0.717) is 6.42 Å². The lowest BCUT2D eigenvalue weighted by Gasteiger charge is -2.38. The first-order valence-electron chi connectivity index (χ1n) is 11.0. The number of carbonyl (C=O) groups excluding carboxylic acids is 3. The van der Waals surface area contributed by atoms with Crippen molar-refractivity contribution in [3.63, 3.8) is 0 Å². The summed E-state index contributed by atoms with van der Waals surface area (Å²) in [6.45, 7) is 3.95. The number of benzene rings is 2. The number of carbonyl (C=O) groups is 3. The molecule has 1 heterocycles.